The van der Waals surface area contributed by atoms with Gasteiger partial charge in [-0.3, -0.25) is 4.79 Å². The first-order valence-corrected chi connectivity index (χ1v) is 8.52. The lowest BCUT2D eigenvalue weighted by molar-refractivity contribution is 0.0948. The van der Waals surface area contributed by atoms with Gasteiger partial charge in [-0.2, -0.15) is 0 Å². The number of anilines is 1. The van der Waals surface area contributed by atoms with Gasteiger partial charge in [-0.1, -0.05) is 23.4 Å². The van der Waals surface area contributed by atoms with E-state index >= 15 is 0 Å². The van der Waals surface area contributed by atoms with Crippen LogP contribution in [0.4, 0.5) is 5.69 Å². The lowest BCUT2D eigenvalue weighted by Crippen LogP contribution is -2.29. The summed E-state index contributed by atoms with van der Waals surface area (Å²) < 4.78 is 1.83. The van der Waals surface area contributed by atoms with E-state index in [1.807, 2.05) is 35.0 Å². The second-order valence-electron chi connectivity index (χ2n) is 5.97. The minimum atomic E-state index is -0.158. The molecule has 0 radical (unpaired) electrons. The Bertz CT molecular complexity index is 636. The molecule has 1 amide bonds. The van der Waals surface area contributed by atoms with Gasteiger partial charge in [0.15, 0.2) is 5.69 Å². The maximum Gasteiger partial charge on any atom is 0.273 e. The molecule has 3 rings (SSSR count). The van der Waals surface area contributed by atoms with Gasteiger partial charge in [-0.05, 0) is 44.5 Å². The van der Waals surface area contributed by atoms with Crippen LogP contribution in [0.15, 0.2) is 36.5 Å². The minimum Gasteiger partial charge on any atom is -0.385 e. The molecule has 2 heterocycles. The summed E-state index contributed by atoms with van der Waals surface area (Å²) in [6.07, 6.45) is 4.65. The van der Waals surface area contributed by atoms with E-state index in [-0.39, 0.29) is 5.91 Å². The highest BCUT2D eigenvalue weighted by atomic mass is 16.2. The predicted octanol–water partition coefficient (Wildman–Crippen LogP) is 1.43. The first kappa shape index (κ1) is 16.4. The van der Waals surface area contributed by atoms with Gasteiger partial charge < -0.3 is 16.0 Å². The smallest absolute Gasteiger partial charge is 0.273 e. The number of nitrogens with one attached hydrogen (secondary N) is 3. The Hall–Kier alpha value is -2.41. The lowest BCUT2D eigenvalue weighted by Gasteiger charge is -2.22. The molecular formula is C17H24N6O. The van der Waals surface area contributed by atoms with Crippen LogP contribution >= 0.6 is 0 Å². The van der Waals surface area contributed by atoms with E-state index in [1.165, 1.54) is 0 Å². The summed E-state index contributed by atoms with van der Waals surface area (Å²) in [5, 5.41) is 17.6. The molecule has 24 heavy (non-hydrogen) atoms. The number of nitrogens with zero attached hydrogens (tertiary/aromatic N) is 3. The van der Waals surface area contributed by atoms with E-state index < -0.39 is 0 Å². The van der Waals surface area contributed by atoms with Crippen molar-refractivity contribution >= 4 is 11.6 Å². The molecule has 3 N–H and O–H groups in total. The summed E-state index contributed by atoms with van der Waals surface area (Å²) in [4.78, 5) is 12.1. The Morgan fingerprint density at radius 2 is 2.00 bits per heavy atom. The van der Waals surface area contributed by atoms with E-state index in [9.17, 15) is 4.79 Å². The number of hydrogen-bond acceptors (Lipinski definition) is 5. The molecule has 0 spiro atoms. The summed E-state index contributed by atoms with van der Waals surface area (Å²) in [6.45, 7) is 3.39. The number of rotatable bonds is 7. The first-order chi connectivity index (χ1) is 11.8. The van der Waals surface area contributed by atoms with Gasteiger partial charge in [0, 0.05) is 18.8 Å². The zero-order valence-electron chi connectivity index (χ0n) is 13.7. The van der Waals surface area contributed by atoms with Crippen LogP contribution in [0.1, 0.15) is 35.8 Å². The fraction of sp³-hybridized carbons (Fsp3) is 0.471. The summed E-state index contributed by atoms with van der Waals surface area (Å²) >= 11 is 0. The minimum absolute atomic E-state index is 0.158. The van der Waals surface area contributed by atoms with Gasteiger partial charge in [-0.15, -0.1) is 5.10 Å². The molecule has 0 bridgehead atoms. The Kier molecular flexibility index (Phi) is 5.79. The Balaban J connectivity index is 1.38. The molecule has 0 aliphatic carbocycles. The maximum absolute atomic E-state index is 12.1. The fourth-order valence-corrected chi connectivity index (χ4v) is 2.80. The van der Waals surface area contributed by atoms with Crippen molar-refractivity contribution in [1.82, 2.24) is 25.6 Å². The average molecular weight is 328 g/mol. The molecule has 2 aromatic rings. The van der Waals surface area contributed by atoms with E-state index in [2.05, 4.69) is 26.3 Å². The molecule has 7 nitrogen and oxygen atoms in total. The van der Waals surface area contributed by atoms with E-state index in [0.29, 0.717) is 18.3 Å². The van der Waals surface area contributed by atoms with Crippen LogP contribution in [0.5, 0.6) is 0 Å². The second kappa shape index (κ2) is 8.44. The number of aromatic nitrogens is 3. The van der Waals surface area contributed by atoms with Crippen LogP contribution < -0.4 is 16.0 Å². The van der Waals surface area contributed by atoms with Gasteiger partial charge >= 0.3 is 0 Å². The van der Waals surface area contributed by atoms with Gasteiger partial charge in [-0.25, -0.2) is 4.68 Å². The van der Waals surface area contributed by atoms with Crippen molar-refractivity contribution in [2.75, 3.05) is 31.5 Å². The standard InChI is InChI=1S/C17H24N6O/c24-17(20-10-4-9-19-14-5-2-1-3-6-14)16-13-23(22-21-16)15-7-11-18-12-8-15/h1-3,5-6,13,15,18-19H,4,7-12H2,(H,20,24). The normalized spacial score (nSPS) is 15.2. The van der Waals surface area contributed by atoms with Crippen molar-refractivity contribution < 1.29 is 4.79 Å². The van der Waals surface area contributed by atoms with Gasteiger partial charge in [0.05, 0.1) is 12.2 Å². The SMILES string of the molecule is O=C(NCCCNc1ccccc1)c1cn(C2CCNCC2)nn1. The van der Waals surface area contributed by atoms with Crippen LogP contribution in [0.25, 0.3) is 0 Å². The summed E-state index contributed by atoms with van der Waals surface area (Å²) in [7, 11) is 0. The zero-order chi connectivity index (χ0) is 16.6. The van der Waals surface area contributed by atoms with Crippen LogP contribution in [0.3, 0.4) is 0 Å². The molecule has 1 fully saturated rings. The highest BCUT2D eigenvalue weighted by Gasteiger charge is 2.18. The summed E-state index contributed by atoms with van der Waals surface area (Å²) in [6, 6.07) is 10.4. The van der Waals surface area contributed by atoms with Crippen molar-refractivity contribution in [3.05, 3.63) is 42.2 Å². The molecule has 0 unspecified atom stereocenters. The van der Waals surface area contributed by atoms with Crippen LogP contribution in [-0.4, -0.2) is 47.1 Å². The number of para-hydroxylation sites is 1. The van der Waals surface area contributed by atoms with Crippen molar-refractivity contribution in [3.63, 3.8) is 0 Å². The quantitative estimate of drug-likeness (QED) is 0.670. The van der Waals surface area contributed by atoms with Crippen molar-refractivity contribution in [2.24, 2.45) is 0 Å². The summed E-state index contributed by atoms with van der Waals surface area (Å²) in [5.74, 6) is -0.158. The molecule has 0 saturated carbocycles. The van der Waals surface area contributed by atoms with Crippen LogP contribution in [0.2, 0.25) is 0 Å². The number of amides is 1. The topological polar surface area (TPSA) is 83.9 Å². The second-order valence-corrected chi connectivity index (χ2v) is 5.97. The zero-order valence-corrected chi connectivity index (χ0v) is 13.7. The third kappa shape index (κ3) is 4.55. The third-order valence-electron chi connectivity index (χ3n) is 4.17. The predicted molar refractivity (Wildman–Crippen MR) is 93.0 cm³/mol. The highest BCUT2D eigenvalue weighted by molar-refractivity contribution is 5.91. The van der Waals surface area contributed by atoms with Gasteiger partial charge in [0.2, 0.25) is 0 Å². The van der Waals surface area contributed by atoms with E-state index in [4.69, 9.17) is 0 Å². The number of carbonyl (C=O) groups excluding carboxylic acids is 1. The number of carbonyl (C=O) groups is 1. The molecule has 1 aromatic heterocycles. The molecule has 0 atom stereocenters. The molecule has 1 aliphatic heterocycles. The molecular weight excluding hydrogens is 304 g/mol. The third-order valence-corrected chi connectivity index (χ3v) is 4.17. The Labute approximate surface area is 141 Å². The monoisotopic (exact) mass is 328 g/mol. The van der Waals surface area contributed by atoms with E-state index in [0.717, 1.165) is 44.6 Å². The Morgan fingerprint density at radius 1 is 1.21 bits per heavy atom. The molecule has 1 aromatic carbocycles. The Morgan fingerprint density at radius 3 is 2.79 bits per heavy atom. The van der Waals surface area contributed by atoms with E-state index in [1.54, 1.807) is 6.20 Å². The molecule has 1 saturated heterocycles. The van der Waals surface area contributed by atoms with Crippen molar-refractivity contribution in [2.45, 2.75) is 25.3 Å². The molecule has 7 heteroatoms. The lowest BCUT2D eigenvalue weighted by atomic mass is 10.1. The average Bonchev–Trinajstić information content (AvgIpc) is 3.13. The van der Waals surface area contributed by atoms with Crippen LogP contribution in [0, 0.1) is 0 Å². The highest BCUT2D eigenvalue weighted by Crippen LogP contribution is 2.16. The summed E-state index contributed by atoms with van der Waals surface area (Å²) in [5.41, 5.74) is 1.48. The largest absolute Gasteiger partial charge is 0.385 e. The number of hydrogen-bond donors (Lipinski definition) is 3. The first-order valence-electron chi connectivity index (χ1n) is 8.52. The van der Waals surface area contributed by atoms with Crippen LogP contribution in [-0.2, 0) is 0 Å². The molecule has 1 aliphatic rings. The van der Waals surface area contributed by atoms with Gasteiger partial charge in [0.1, 0.15) is 0 Å². The number of benzene rings is 1. The van der Waals surface area contributed by atoms with Crippen molar-refractivity contribution in [3.8, 4) is 0 Å². The number of piperidine rings is 1. The fourth-order valence-electron chi connectivity index (χ4n) is 2.80. The maximum atomic E-state index is 12.1. The van der Waals surface area contributed by atoms with Crippen molar-refractivity contribution in [1.29, 1.82) is 0 Å². The molecule has 128 valence electrons. The van der Waals surface area contributed by atoms with Gasteiger partial charge in [0.25, 0.3) is 5.91 Å².